The molecule has 9 nitrogen and oxygen atoms in total. The van der Waals surface area contributed by atoms with Gasteiger partial charge in [0.2, 0.25) is 11.8 Å². The molecule has 0 aromatic rings. The average Bonchev–Trinajstić information content (AvgIpc) is 2.59. The topological polar surface area (TPSA) is 125 Å². The minimum absolute atomic E-state index is 0.0620. The van der Waals surface area contributed by atoms with E-state index in [0.717, 1.165) is 0 Å². The van der Waals surface area contributed by atoms with Gasteiger partial charge in [0.05, 0.1) is 0 Å². The largest absolute Gasteiger partial charge is 0.481 e. The predicted octanol–water partition coefficient (Wildman–Crippen LogP) is 0.950. The number of ether oxygens (including phenoxy) is 1. The predicted molar refractivity (Wildman–Crippen MR) is 96.0 cm³/mol. The van der Waals surface area contributed by atoms with Crippen molar-refractivity contribution in [2.75, 3.05) is 32.6 Å². The number of carboxylic acids is 1. The Bertz CT molecular complexity index is 475. The van der Waals surface area contributed by atoms with Gasteiger partial charge in [0.1, 0.15) is 12.0 Å². The summed E-state index contributed by atoms with van der Waals surface area (Å²) >= 11 is 5.32. The Labute approximate surface area is 158 Å². The number of amides is 3. The Morgan fingerprint density at radius 1 is 1.12 bits per heavy atom. The SMILES string of the molecule is CC(CCN(C)C(=O)CCCCC(=O)O)OC(=O)NCCNC(=O)CCl. The molecule has 0 spiro atoms. The molecule has 0 aliphatic heterocycles. The molecule has 1 unspecified atom stereocenters. The van der Waals surface area contributed by atoms with Crippen LogP contribution in [-0.4, -0.2) is 72.5 Å². The summed E-state index contributed by atoms with van der Waals surface area (Å²) in [7, 11) is 1.66. The van der Waals surface area contributed by atoms with Crippen LogP contribution in [0.1, 0.15) is 39.0 Å². The molecule has 10 heteroatoms. The average molecular weight is 394 g/mol. The van der Waals surface area contributed by atoms with E-state index in [1.54, 1.807) is 18.9 Å². The van der Waals surface area contributed by atoms with Gasteiger partial charge in [-0.3, -0.25) is 14.4 Å². The van der Waals surface area contributed by atoms with E-state index in [4.69, 9.17) is 21.4 Å². The number of carbonyl (C=O) groups excluding carboxylic acids is 3. The van der Waals surface area contributed by atoms with E-state index in [-0.39, 0.29) is 43.3 Å². The monoisotopic (exact) mass is 393 g/mol. The third-order valence-electron chi connectivity index (χ3n) is 3.47. The highest BCUT2D eigenvalue weighted by atomic mass is 35.5. The number of halogens is 1. The number of hydrogen-bond donors (Lipinski definition) is 3. The van der Waals surface area contributed by atoms with Crippen molar-refractivity contribution >= 4 is 35.5 Å². The summed E-state index contributed by atoms with van der Waals surface area (Å²) in [6, 6.07) is 0. The quantitative estimate of drug-likeness (QED) is 0.316. The zero-order valence-electron chi connectivity index (χ0n) is 15.3. The number of carbonyl (C=O) groups is 4. The highest BCUT2D eigenvalue weighted by Gasteiger charge is 2.13. The van der Waals surface area contributed by atoms with Gasteiger partial charge in [0.15, 0.2) is 0 Å². The molecule has 0 heterocycles. The van der Waals surface area contributed by atoms with Gasteiger partial charge in [-0.15, -0.1) is 11.6 Å². The van der Waals surface area contributed by atoms with Crippen LogP contribution >= 0.6 is 11.6 Å². The normalized spacial score (nSPS) is 11.3. The minimum atomic E-state index is -0.864. The molecular formula is C16H28ClN3O6. The van der Waals surface area contributed by atoms with Crippen LogP contribution in [0.25, 0.3) is 0 Å². The van der Waals surface area contributed by atoms with Crippen LogP contribution in [0.15, 0.2) is 0 Å². The summed E-state index contributed by atoms with van der Waals surface area (Å²) in [5.74, 6) is -1.38. The van der Waals surface area contributed by atoms with Crippen molar-refractivity contribution < 1.29 is 29.0 Å². The zero-order valence-corrected chi connectivity index (χ0v) is 16.0. The highest BCUT2D eigenvalue weighted by molar-refractivity contribution is 6.27. The molecule has 0 radical (unpaired) electrons. The Morgan fingerprint density at radius 2 is 1.73 bits per heavy atom. The number of nitrogens with zero attached hydrogens (tertiary/aromatic N) is 1. The Balaban J connectivity index is 3.82. The summed E-state index contributed by atoms with van der Waals surface area (Å²) in [5.41, 5.74) is 0. The molecule has 0 bridgehead atoms. The Morgan fingerprint density at radius 3 is 2.35 bits per heavy atom. The molecule has 3 amide bonds. The first-order valence-corrected chi connectivity index (χ1v) is 9.02. The smallest absolute Gasteiger partial charge is 0.407 e. The summed E-state index contributed by atoms with van der Waals surface area (Å²) in [5, 5.41) is 13.5. The van der Waals surface area contributed by atoms with Gasteiger partial charge in [-0.25, -0.2) is 4.79 Å². The number of carboxylic acid groups (broad SMARTS) is 1. The first-order valence-electron chi connectivity index (χ1n) is 8.49. The van der Waals surface area contributed by atoms with Crippen molar-refractivity contribution in [1.82, 2.24) is 15.5 Å². The van der Waals surface area contributed by atoms with Crippen molar-refractivity contribution in [3.05, 3.63) is 0 Å². The van der Waals surface area contributed by atoms with Crippen LogP contribution in [0.2, 0.25) is 0 Å². The second kappa shape index (κ2) is 14.2. The molecule has 1 atom stereocenters. The molecule has 150 valence electrons. The van der Waals surface area contributed by atoms with Gasteiger partial charge < -0.3 is 25.4 Å². The minimum Gasteiger partial charge on any atom is -0.481 e. The Hall–Kier alpha value is -2.03. The fourth-order valence-corrected chi connectivity index (χ4v) is 2.04. The lowest BCUT2D eigenvalue weighted by atomic mass is 10.2. The van der Waals surface area contributed by atoms with Crippen molar-refractivity contribution in [2.24, 2.45) is 0 Å². The maximum absolute atomic E-state index is 11.9. The molecule has 0 aromatic carbocycles. The lowest BCUT2D eigenvalue weighted by molar-refractivity contribution is -0.137. The van der Waals surface area contributed by atoms with Gasteiger partial charge in [-0.05, 0) is 19.8 Å². The number of hydrogen-bond acceptors (Lipinski definition) is 5. The van der Waals surface area contributed by atoms with Gasteiger partial charge in [0.25, 0.3) is 0 Å². The lowest BCUT2D eigenvalue weighted by Gasteiger charge is -2.20. The van der Waals surface area contributed by atoms with Crippen LogP contribution in [0.5, 0.6) is 0 Å². The van der Waals surface area contributed by atoms with Crippen LogP contribution in [0, 0.1) is 0 Å². The van der Waals surface area contributed by atoms with Crippen molar-refractivity contribution in [3.63, 3.8) is 0 Å². The standard InChI is InChI=1S/C16H28ClN3O6/c1-12(26-16(25)19-9-8-18-13(21)11-17)7-10-20(2)14(22)5-3-4-6-15(23)24/h12H,3-11H2,1-2H3,(H,18,21)(H,19,25)(H,23,24). The van der Waals surface area contributed by atoms with E-state index in [1.807, 2.05) is 0 Å². The van der Waals surface area contributed by atoms with Gasteiger partial charge in [-0.2, -0.15) is 0 Å². The first kappa shape index (κ1) is 24.0. The summed E-state index contributed by atoms with van der Waals surface area (Å²) in [6.07, 6.45) is 0.868. The number of alkyl carbamates (subject to hydrolysis) is 1. The summed E-state index contributed by atoms with van der Waals surface area (Å²) < 4.78 is 5.15. The van der Waals surface area contributed by atoms with Crippen LogP contribution in [0.3, 0.4) is 0 Å². The van der Waals surface area contributed by atoms with Crippen LogP contribution in [0.4, 0.5) is 4.79 Å². The van der Waals surface area contributed by atoms with E-state index in [0.29, 0.717) is 32.2 Å². The fourth-order valence-electron chi connectivity index (χ4n) is 1.94. The number of nitrogens with one attached hydrogen (secondary N) is 2. The fraction of sp³-hybridized carbons (Fsp3) is 0.750. The maximum atomic E-state index is 11.9. The molecular weight excluding hydrogens is 366 g/mol. The number of rotatable bonds is 13. The van der Waals surface area contributed by atoms with Crippen molar-refractivity contribution in [3.8, 4) is 0 Å². The molecule has 0 saturated carbocycles. The van der Waals surface area contributed by atoms with Gasteiger partial charge >= 0.3 is 12.1 Å². The van der Waals surface area contributed by atoms with Crippen LogP contribution < -0.4 is 10.6 Å². The molecule has 0 rings (SSSR count). The molecule has 0 aliphatic rings. The van der Waals surface area contributed by atoms with Crippen LogP contribution in [-0.2, 0) is 19.1 Å². The molecule has 3 N–H and O–H groups in total. The molecule has 0 fully saturated rings. The Kier molecular flexibility index (Phi) is 13.1. The number of unbranched alkanes of at least 4 members (excludes halogenated alkanes) is 1. The van der Waals surface area contributed by atoms with Crippen molar-refractivity contribution in [2.45, 2.75) is 45.1 Å². The summed E-state index contributed by atoms with van der Waals surface area (Å²) in [6.45, 7) is 2.63. The third-order valence-corrected chi connectivity index (χ3v) is 3.72. The lowest BCUT2D eigenvalue weighted by Crippen LogP contribution is -2.37. The molecule has 0 saturated heterocycles. The first-order chi connectivity index (χ1) is 12.3. The molecule has 0 aromatic heterocycles. The molecule has 26 heavy (non-hydrogen) atoms. The van der Waals surface area contributed by atoms with E-state index in [1.165, 1.54) is 0 Å². The third kappa shape index (κ3) is 13.3. The number of alkyl halides is 1. The second-order valence-electron chi connectivity index (χ2n) is 5.83. The second-order valence-corrected chi connectivity index (χ2v) is 6.10. The highest BCUT2D eigenvalue weighted by Crippen LogP contribution is 2.05. The van der Waals surface area contributed by atoms with Gasteiger partial charge in [-0.1, -0.05) is 0 Å². The number of aliphatic carboxylic acids is 1. The van der Waals surface area contributed by atoms with Gasteiger partial charge in [0, 0.05) is 45.9 Å². The summed E-state index contributed by atoms with van der Waals surface area (Å²) in [4.78, 5) is 46.3. The van der Waals surface area contributed by atoms with E-state index >= 15 is 0 Å². The van der Waals surface area contributed by atoms with E-state index < -0.39 is 12.1 Å². The zero-order chi connectivity index (χ0) is 19.9. The van der Waals surface area contributed by atoms with E-state index in [9.17, 15) is 19.2 Å². The van der Waals surface area contributed by atoms with Crippen molar-refractivity contribution in [1.29, 1.82) is 0 Å². The molecule has 0 aliphatic carbocycles. The van der Waals surface area contributed by atoms with E-state index in [2.05, 4.69) is 10.6 Å². The maximum Gasteiger partial charge on any atom is 0.407 e.